The molecular weight excluding hydrogens is 268 g/mol. The summed E-state index contributed by atoms with van der Waals surface area (Å²) in [5.74, 6) is -1.28. The lowest BCUT2D eigenvalue weighted by molar-refractivity contribution is -0.131. The molecule has 0 unspecified atom stereocenters. The molecular formula is C16H14N2O3. The number of aryl methyl sites for hydroxylation is 1. The highest BCUT2D eigenvalue weighted by Crippen LogP contribution is 2.18. The number of hydrogen-bond donors (Lipinski definition) is 2. The van der Waals surface area contributed by atoms with E-state index < -0.39 is 5.97 Å². The smallest absolute Gasteiger partial charge is 0.328 e. The van der Waals surface area contributed by atoms with Crippen molar-refractivity contribution in [2.75, 3.05) is 5.32 Å². The molecule has 2 rings (SSSR count). The Morgan fingerprint density at radius 3 is 2.76 bits per heavy atom. The summed E-state index contributed by atoms with van der Waals surface area (Å²) in [5.41, 5.74) is 2.68. The minimum absolute atomic E-state index is 0.259. The summed E-state index contributed by atoms with van der Waals surface area (Å²) in [5, 5.41) is 11.4. The number of aliphatic carboxylic acids is 1. The minimum atomic E-state index is -1.02. The van der Waals surface area contributed by atoms with Gasteiger partial charge in [-0.15, -0.1) is 0 Å². The lowest BCUT2D eigenvalue weighted by Gasteiger charge is -2.09. The standard InChI is InChI=1S/C16H14N2O3/c1-11-4-5-12(6-7-15(19)20)9-14(11)18-16(21)13-3-2-8-17-10-13/h2-10H,1H3,(H,18,21)(H,19,20). The van der Waals surface area contributed by atoms with Gasteiger partial charge in [0.1, 0.15) is 0 Å². The number of nitrogens with zero attached hydrogens (tertiary/aromatic N) is 1. The summed E-state index contributed by atoms with van der Waals surface area (Å²) in [6, 6.07) is 8.69. The first-order valence-corrected chi connectivity index (χ1v) is 6.29. The molecule has 0 aliphatic rings. The number of benzene rings is 1. The highest BCUT2D eigenvalue weighted by molar-refractivity contribution is 6.04. The van der Waals surface area contributed by atoms with Gasteiger partial charge in [-0.05, 0) is 42.3 Å². The molecule has 0 bridgehead atoms. The van der Waals surface area contributed by atoms with Crippen LogP contribution in [0.2, 0.25) is 0 Å². The zero-order chi connectivity index (χ0) is 15.2. The molecule has 0 saturated carbocycles. The lowest BCUT2D eigenvalue weighted by atomic mass is 10.1. The maximum atomic E-state index is 12.1. The predicted octanol–water partition coefficient (Wildman–Crippen LogP) is 2.74. The summed E-state index contributed by atoms with van der Waals surface area (Å²) in [4.78, 5) is 26.5. The Balaban J connectivity index is 2.21. The first-order chi connectivity index (χ1) is 10.1. The number of nitrogens with one attached hydrogen (secondary N) is 1. The molecule has 0 aliphatic carbocycles. The van der Waals surface area contributed by atoms with Gasteiger partial charge in [-0.3, -0.25) is 9.78 Å². The topological polar surface area (TPSA) is 79.3 Å². The Kier molecular flexibility index (Phi) is 4.46. The maximum Gasteiger partial charge on any atom is 0.328 e. The Morgan fingerprint density at radius 2 is 2.10 bits per heavy atom. The highest BCUT2D eigenvalue weighted by Gasteiger charge is 2.07. The molecule has 0 aliphatic heterocycles. The molecule has 106 valence electrons. The normalized spacial score (nSPS) is 10.5. The number of carbonyl (C=O) groups excluding carboxylic acids is 1. The number of carboxylic acid groups (broad SMARTS) is 1. The van der Waals surface area contributed by atoms with Crippen molar-refractivity contribution in [1.82, 2.24) is 4.98 Å². The van der Waals surface area contributed by atoms with Crippen LogP contribution in [0.15, 0.2) is 48.8 Å². The Hall–Kier alpha value is -2.95. The molecule has 1 heterocycles. The molecule has 0 atom stereocenters. The van der Waals surface area contributed by atoms with E-state index in [1.807, 2.05) is 13.0 Å². The van der Waals surface area contributed by atoms with E-state index in [2.05, 4.69) is 10.3 Å². The van der Waals surface area contributed by atoms with Gasteiger partial charge in [0.25, 0.3) is 5.91 Å². The largest absolute Gasteiger partial charge is 0.478 e. The fourth-order valence-corrected chi connectivity index (χ4v) is 1.74. The number of anilines is 1. The van der Waals surface area contributed by atoms with Gasteiger partial charge >= 0.3 is 5.97 Å². The zero-order valence-corrected chi connectivity index (χ0v) is 11.4. The molecule has 21 heavy (non-hydrogen) atoms. The molecule has 1 aromatic carbocycles. The van der Waals surface area contributed by atoms with Crippen molar-refractivity contribution in [2.45, 2.75) is 6.92 Å². The second-order valence-electron chi connectivity index (χ2n) is 4.44. The Labute approximate surface area is 122 Å². The van der Waals surface area contributed by atoms with Crippen molar-refractivity contribution in [2.24, 2.45) is 0 Å². The first kappa shape index (κ1) is 14.5. The van der Waals surface area contributed by atoms with E-state index in [-0.39, 0.29) is 5.91 Å². The third kappa shape index (κ3) is 4.01. The average Bonchev–Trinajstić information content (AvgIpc) is 2.48. The van der Waals surface area contributed by atoms with Crippen LogP contribution >= 0.6 is 0 Å². The second-order valence-corrected chi connectivity index (χ2v) is 4.44. The highest BCUT2D eigenvalue weighted by atomic mass is 16.4. The monoisotopic (exact) mass is 282 g/mol. The quantitative estimate of drug-likeness (QED) is 0.845. The zero-order valence-electron chi connectivity index (χ0n) is 11.4. The molecule has 2 N–H and O–H groups in total. The molecule has 0 saturated heterocycles. The Bertz CT molecular complexity index is 694. The van der Waals surface area contributed by atoms with Gasteiger partial charge in [0, 0.05) is 24.2 Å². The molecule has 0 radical (unpaired) electrons. The van der Waals surface area contributed by atoms with E-state index >= 15 is 0 Å². The number of amides is 1. The molecule has 1 aromatic heterocycles. The molecule has 5 nitrogen and oxygen atoms in total. The summed E-state index contributed by atoms with van der Waals surface area (Å²) in [7, 11) is 0. The molecule has 5 heteroatoms. The van der Waals surface area contributed by atoms with Gasteiger partial charge in [-0.1, -0.05) is 12.1 Å². The summed E-state index contributed by atoms with van der Waals surface area (Å²) in [6.07, 6.45) is 5.61. The maximum absolute atomic E-state index is 12.1. The number of aromatic nitrogens is 1. The number of carbonyl (C=O) groups is 2. The van der Waals surface area contributed by atoms with Crippen LogP contribution in [0.3, 0.4) is 0 Å². The van der Waals surface area contributed by atoms with Crippen molar-refractivity contribution in [1.29, 1.82) is 0 Å². The van der Waals surface area contributed by atoms with Crippen LogP contribution in [0, 0.1) is 6.92 Å². The van der Waals surface area contributed by atoms with Crippen LogP contribution in [-0.4, -0.2) is 22.0 Å². The van der Waals surface area contributed by atoms with Crippen molar-refractivity contribution in [3.8, 4) is 0 Å². The summed E-state index contributed by atoms with van der Waals surface area (Å²) in [6.45, 7) is 1.86. The van der Waals surface area contributed by atoms with Gasteiger partial charge < -0.3 is 10.4 Å². The van der Waals surface area contributed by atoms with Crippen LogP contribution in [0.25, 0.3) is 6.08 Å². The number of pyridine rings is 1. The third-order valence-electron chi connectivity index (χ3n) is 2.85. The molecule has 0 spiro atoms. The van der Waals surface area contributed by atoms with E-state index in [1.54, 1.807) is 30.5 Å². The van der Waals surface area contributed by atoms with Gasteiger partial charge in [0.2, 0.25) is 0 Å². The molecule has 1 amide bonds. The fraction of sp³-hybridized carbons (Fsp3) is 0.0625. The van der Waals surface area contributed by atoms with Crippen molar-refractivity contribution >= 4 is 23.6 Å². The minimum Gasteiger partial charge on any atom is -0.478 e. The van der Waals surface area contributed by atoms with E-state index in [4.69, 9.17) is 5.11 Å². The van der Waals surface area contributed by atoms with E-state index in [1.165, 1.54) is 12.3 Å². The van der Waals surface area contributed by atoms with Crippen LogP contribution in [-0.2, 0) is 4.79 Å². The first-order valence-electron chi connectivity index (χ1n) is 6.29. The van der Waals surface area contributed by atoms with Gasteiger partial charge in [0.15, 0.2) is 0 Å². The summed E-state index contributed by atoms with van der Waals surface area (Å²) >= 11 is 0. The van der Waals surface area contributed by atoms with Gasteiger partial charge in [-0.2, -0.15) is 0 Å². The number of hydrogen-bond acceptors (Lipinski definition) is 3. The van der Waals surface area contributed by atoms with E-state index in [0.29, 0.717) is 16.8 Å². The fourth-order valence-electron chi connectivity index (χ4n) is 1.74. The number of rotatable bonds is 4. The van der Waals surface area contributed by atoms with Crippen molar-refractivity contribution in [3.05, 3.63) is 65.5 Å². The van der Waals surface area contributed by atoms with Gasteiger partial charge in [-0.25, -0.2) is 4.79 Å². The molecule has 2 aromatic rings. The third-order valence-corrected chi connectivity index (χ3v) is 2.85. The molecule has 0 fully saturated rings. The number of carboxylic acids is 1. The average molecular weight is 282 g/mol. The van der Waals surface area contributed by atoms with E-state index in [9.17, 15) is 9.59 Å². The van der Waals surface area contributed by atoms with Crippen LogP contribution in [0.5, 0.6) is 0 Å². The van der Waals surface area contributed by atoms with Crippen LogP contribution < -0.4 is 5.32 Å². The van der Waals surface area contributed by atoms with E-state index in [0.717, 1.165) is 11.6 Å². The second kappa shape index (κ2) is 6.47. The SMILES string of the molecule is Cc1ccc(C=CC(=O)O)cc1NC(=O)c1cccnc1. The lowest BCUT2D eigenvalue weighted by Crippen LogP contribution is -2.13. The predicted molar refractivity (Wildman–Crippen MR) is 80.0 cm³/mol. The Morgan fingerprint density at radius 1 is 1.29 bits per heavy atom. The van der Waals surface area contributed by atoms with Crippen LogP contribution in [0.4, 0.5) is 5.69 Å². The van der Waals surface area contributed by atoms with Crippen molar-refractivity contribution < 1.29 is 14.7 Å². The van der Waals surface area contributed by atoms with Gasteiger partial charge in [0.05, 0.1) is 5.56 Å². The summed E-state index contributed by atoms with van der Waals surface area (Å²) < 4.78 is 0. The van der Waals surface area contributed by atoms with Crippen LogP contribution in [0.1, 0.15) is 21.5 Å². The van der Waals surface area contributed by atoms with Crippen molar-refractivity contribution in [3.63, 3.8) is 0 Å².